The Balaban J connectivity index is 0.00000243. The lowest BCUT2D eigenvalue weighted by Gasteiger charge is -2.24. The van der Waals surface area contributed by atoms with E-state index in [1.54, 1.807) is 36.4 Å². The average Bonchev–Trinajstić information content (AvgIpc) is 2.64. The molecule has 1 aliphatic heterocycles. The topological polar surface area (TPSA) is 58.2 Å². The summed E-state index contributed by atoms with van der Waals surface area (Å²) in [6.07, 6.45) is 1.77. The SMILES string of the molecule is Cl.O=C(NC1CCNCC1)c1ccccc1C(=O)c1ccc(Cl)c(Cl)c1. The van der Waals surface area contributed by atoms with E-state index in [-0.39, 0.29) is 30.1 Å². The van der Waals surface area contributed by atoms with E-state index in [0.29, 0.717) is 26.7 Å². The second-order valence-corrected chi connectivity index (χ2v) is 6.82. The first-order valence-corrected chi connectivity index (χ1v) is 8.92. The second kappa shape index (κ2) is 9.38. The summed E-state index contributed by atoms with van der Waals surface area (Å²) in [7, 11) is 0. The van der Waals surface area contributed by atoms with Gasteiger partial charge in [0.05, 0.1) is 15.6 Å². The summed E-state index contributed by atoms with van der Waals surface area (Å²) in [6, 6.07) is 11.7. The van der Waals surface area contributed by atoms with E-state index >= 15 is 0 Å². The molecule has 0 aromatic heterocycles. The largest absolute Gasteiger partial charge is 0.349 e. The normalized spacial score (nSPS) is 14.4. The molecule has 2 aromatic carbocycles. The Labute approximate surface area is 168 Å². The van der Waals surface area contributed by atoms with Gasteiger partial charge in [0.1, 0.15) is 0 Å². The van der Waals surface area contributed by atoms with Gasteiger partial charge in [0.2, 0.25) is 0 Å². The molecule has 0 aliphatic carbocycles. The smallest absolute Gasteiger partial charge is 0.252 e. The molecule has 1 aliphatic rings. The van der Waals surface area contributed by atoms with Gasteiger partial charge in [-0.1, -0.05) is 41.4 Å². The molecule has 4 nitrogen and oxygen atoms in total. The van der Waals surface area contributed by atoms with E-state index in [1.165, 1.54) is 6.07 Å². The number of halogens is 3. The van der Waals surface area contributed by atoms with Gasteiger partial charge in [-0.05, 0) is 50.2 Å². The molecule has 1 fully saturated rings. The lowest BCUT2D eigenvalue weighted by atomic mass is 9.97. The molecule has 0 unspecified atom stereocenters. The van der Waals surface area contributed by atoms with Crippen molar-refractivity contribution < 1.29 is 9.59 Å². The highest BCUT2D eigenvalue weighted by Crippen LogP contribution is 2.24. The van der Waals surface area contributed by atoms with Gasteiger partial charge in [0, 0.05) is 17.2 Å². The molecule has 2 N–H and O–H groups in total. The Hall–Kier alpha value is -1.59. The van der Waals surface area contributed by atoms with Gasteiger partial charge in [-0.25, -0.2) is 0 Å². The molecular formula is C19H19Cl3N2O2. The Morgan fingerprint density at radius 3 is 2.27 bits per heavy atom. The van der Waals surface area contributed by atoms with Crippen LogP contribution < -0.4 is 10.6 Å². The highest BCUT2D eigenvalue weighted by molar-refractivity contribution is 6.42. The zero-order chi connectivity index (χ0) is 17.8. The quantitative estimate of drug-likeness (QED) is 0.741. The number of carbonyl (C=O) groups is 2. The summed E-state index contributed by atoms with van der Waals surface area (Å²) in [4.78, 5) is 25.5. The summed E-state index contributed by atoms with van der Waals surface area (Å²) in [5.74, 6) is -0.481. The lowest BCUT2D eigenvalue weighted by molar-refractivity contribution is 0.0920. The van der Waals surface area contributed by atoms with E-state index in [4.69, 9.17) is 23.2 Å². The van der Waals surface area contributed by atoms with E-state index in [2.05, 4.69) is 10.6 Å². The maximum atomic E-state index is 12.8. The third kappa shape index (κ3) is 4.77. The van der Waals surface area contributed by atoms with Crippen molar-refractivity contribution in [1.82, 2.24) is 10.6 Å². The van der Waals surface area contributed by atoms with Gasteiger partial charge in [-0.15, -0.1) is 12.4 Å². The van der Waals surface area contributed by atoms with E-state index in [1.807, 2.05) is 0 Å². The Morgan fingerprint density at radius 1 is 0.962 bits per heavy atom. The maximum Gasteiger partial charge on any atom is 0.252 e. The van der Waals surface area contributed by atoms with Crippen molar-refractivity contribution in [2.24, 2.45) is 0 Å². The van der Waals surface area contributed by atoms with Gasteiger partial charge in [0.15, 0.2) is 5.78 Å². The predicted octanol–water partition coefficient (Wildman–Crippen LogP) is 4.13. The number of piperidine rings is 1. The van der Waals surface area contributed by atoms with E-state index in [9.17, 15) is 9.59 Å². The summed E-state index contributed by atoms with van der Waals surface area (Å²) in [5.41, 5.74) is 1.13. The molecule has 0 spiro atoms. The first-order valence-electron chi connectivity index (χ1n) is 8.16. The standard InChI is InChI=1S/C19H18Cl2N2O2.ClH/c20-16-6-5-12(11-17(16)21)18(24)14-3-1-2-4-15(14)19(25)23-13-7-9-22-10-8-13;/h1-6,11,13,22H,7-10H2,(H,23,25);1H. The van der Waals surface area contributed by atoms with Gasteiger partial charge >= 0.3 is 0 Å². The Kier molecular flexibility index (Phi) is 7.47. The van der Waals surface area contributed by atoms with Gasteiger partial charge in [-0.2, -0.15) is 0 Å². The lowest BCUT2D eigenvalue weighted by Crippen LogP contribution is -2.43. The van der Waals surface area contributed by atoms with Crippen LogP contribution in [0.4, 0.5) is 0 Å². The number of hydrogen-bond donors (Lipinski definition) is 2. The number of ketones is 1. The number of rotatable bonds is 4. The van der Waals surface area contributed by atoms with Crippen LogP contribution in [0.15, 0.2) is 42.5 Å². The molecule has 0 radical (unpaired) electrons. The van der Waals surface area contributed by atoms with Gasteiger partial charge in [0.25, 0.3) is 5.91 Å². The van der Waals surface area contributed by atoms with Crippen LogP contribution >= 0.6 is 35.6 Å². The average molecular weight is 414 g/mol. The number of amides is 1. The van der Waals surface area contributed by atoms with Crippen molar-refractivity contribution in [3.05, 3.63) is 69.2 Å². The number of benzene rings is 2. The third-order valence-electron chi connectivity index (χ3n) is 4.27. The molecule has 26 heavy (non-hydrogen) atoms. The minimum atomic E-state index is -0.255. The monoisotopic (exact) mass is 412 g/mol. The molecule has 7 heteroatoms. The van der Waals surface area contributed by atoms with Crippen molar-refractivity contribution in [3.63, 3.8) is 0 Å². The first kappa shape index (κ1) is 20.7. The fourth-order valence-corrected chi connectivity index (χ4v) is 3.20. The van der Waals surface area contributed by atoms with Crippen molar-refractivity contribution in [1.29, 1.82) is 0 Å². The van der Waals surface area contributed by atoms with E-state index in [0.717, 1.165) is 25.9 Å². The molecule has 2 aromatic rings. The van der Waals surface area contributed by atoms with Crippen LogP contribution in [-0.2, 0) is 0 Å². The van der Waals surface area contributed by atoms with Crippen molar-refractivity contribution >= 4 is 47.3 Å². The van der Waals surface area contributed by atoms with Crippen LogP contribution in [0.3, 0.4) is 0 Å². The fourth-order valence-electron chi connectivity index (χ4n) is 2.90. The number of hydrogen-bond acceptors (Lipinski definition) is 3. The molecule has 1 amide bonds. The van der Waals surface area contributed by atoms with Crippen LogP contribution in [0.2, 0.25) is 10.0 Å². The van der Waals surface area contributed by atoms with Crippen LogP contribution in [0.1, 0.15) is 39.1 Å². The Bertz CT molecular complexity index is 805. The summed E-state index contributed by atoms with van der Waals surface area (Å²) >= 11 is 11.9. The summed E-state index contributed by atoms with van der Waals surface area (Å²) in [5, 5.41) is 6.98. The van der Waals surface area contributed by atoms with Crippen molar-refractivity contribution in [2.75, 3.05) is 13.1 Å². The summed E-state index contributed by atoms with van der Waals surface area (Å²) in [6.45, 7) is 1.77. The zero-order valence-corrected chi connectivity index (χ0v) is 16.3. The number of carbonyl (C=O) groups excluding carboxylic acids is 2. The van der Waals surface area contributed by atoms with Gasteiger partial charge < -0.3 is 10.6 Å². The highest BCUT2D eigenvalue weighted by atomic mass is 35.5. The van der Waals surface area contributed by atoms with Crippen LogP contribution in [-0.4, -0.2) is 30.8 Å². The van der Waals surface area contributed by atoms with Crippen molar-refractivity contribution in [3.8, 4) is 0 Å². The van der Waals surface area contributed by atoms with Crippen LogP contribution in [0.25, 0.3) is 0 Å². The van der Waals surface area contributed by atoms with Crippen LogP contribution in [0.5, 0.6) is 0 Å². The van der Waals surface area contributed by atoms with Crippen LogP contribution in [0, 0.1) is 0 Å². The highest BCUT2D eigenvalue weighted by Gasteiger charge is 2.21. The van der Waals surface area contributed by atoms with Crippen molar-refractivity contribution in [2.45, 2.75) is 18.9 Å². The maximum absolute atomic E-state index is 12.8. The molecule has 0 atom stereocenters. The molecule has 0 bridgehead atoms. The molecule has 3 rings (SSSR count). The van der Waals surface area contributed by atoms with E-state index < -0.39 is 0 Å². The molecule has 0 saturated carbocycles. The fraction of sp³-hybridized carbons (Fsp3) is 0.263. The molecule has 138 valence electrons. The minimum absolute atomic E-state index is 0. The minimum Gasteiger partial charge on any atom is -0.349 e. The Morgan fingerprint density at radius 2 is 1.62 bits per heavy atom. The zero-order valence-electron chi connectivity index (χ0n) is 13.9. The molecule has 1 heterocycles. The summed E-state index contributed by atoms with van der Waals surface area (Å²) < 4.78 is 0. The third-order valence-corrected chi connectivity index (χ3v) is 5.01. The second-order valence-electron chi connectivity index (χ2n) is 6.00. The number of nitrogens with one attached hydrogen (secondary N) is 2. The molecule has 1 saturated heterocycles. The predicted molar refractivity (Wildman–Crippen MR) is 107 cm³/mol. The van der Waals surface area contributed by atoms with Gasteiger partial charge in [-0.3, -0.25) is 9.59 Å². The first-order chi connectivity index (χ1) is 12.1. The molecular weight excluding hydrogens is 395 g/mol.